The van der Waals surface area contributed by atoms with Gasteiger partial charge in [-0.1, -0.05) is 19.1 Å². The molecular weight excluding hydrogens is 264 g/mol. The zero-order chi connectivity index (χ0) is 15.5. The van der Waals surface area contributed by atoms with Gasteiger partial charge in [-0.3, -0.25) is 4.79 Å². The Morgan fingerprint density at radius 2 is 2.14 bits per heavy atom. The summed E-state index contributed by atoms with van der Waals surface area (Å²) in [5.41, 5.74) is 0.896. The number of carbonyl (C=O) groups excluding carboxylic acids is 1. The van der Waals surface area contributed by atoms with Crippen LogP contribution >= 0.6 is 0 Å². The summed E-state index contributed by atoms with van der Waals surface area (Å²) < 4.78 is 0. The van der Waals surface area contributed by atoms with Crippen molar-refractivity contribution in [3.63, 3.8) is 0 Å². The molecule has 116 valence electrons. The first-order valence-electron chi connectivity index (χ1n) is 7.78. The molecule has 0 bridgehead atoms. The van der Waals surface area contributed by atoms with Crippen LogP contribution in [0, 0.1) is 5.92 Å². The Morgan fingerprint density at radius 1 is 1.43 bits per heavy atom. The molecule has 0 radical (unpaired) electrons. The Morgan fingerprint density at radius 3 is 2.76 bits per heavy atom. The van der Waals surface area contributed by atoms with Crippen LogP contribution in [0.5, 0.6) is 0 Å². The number of benzene rings is 1. The lowest BCUT2D eigenvalue weighted by atomic mass is 9.90. The lowest BCUT2D eigenvalue weighted by Crippen LogP contribution is -2.35. The first kappa shape index (κ1) is 15.8. The monoisotopic (exact) mass is 290 g/mol. The van der Waals surface area contributed by atoms with Crippen LogP contribution in [0.25, 0.3) is 0 Å². The quantitative estimate of drug-likeness (QED) is 0.876. The molecular formula is C17H26N2O2. The van der Waals surface area contributed by atoms with Gasteiger partial charge in [0.15, 0.2) is 0 Å². The summed E-state index contributed by atoms with van der Waals surface area (Å²) in [5, 5.41) is 13.4. The molecule has 0 aliphatic carbocycles. The summed E-state index contributed by atoms with van der Waals surface area (Å²) in [6.45, 7) is 7.95. The van der Waals surface area contributed by atoms with Crippen molar-refractivity contribution in [3.05, 3.63) is 29.8 Å². The summed E-state index contributed by atoms with van der Waals surface area (Å²) >= 11 is 0. The predicted octanol–water partition coefficient (Wildman–Crippen LogP) is 2.74. The Labute approximate surface area is 127 Å². The molecule has 2 rings (SSSR count). The highest BCUT2D eigenvalue weighted by Crippen LogP contribution is 2.29. The van der Waals surface area contributed by atoms with Crippen molar-refractivity contribution in [1.82, 2.24) is 4.90 Å². The average Bonchev–Trinajstić information content (AvgIpc) is 2.94. The zero-order valence-corrected chi connectivity index (χ0v) is 13.2. The van der Waals surface area contributed by atoms with E-state index in [-0.39, 0.29) is 11.8 Å². The van der Waals surface area contributed by atoms with Crippen LogP contribution in [0.2, 0.25) is 0 Å². The van der Waals surface area contributed by atoms with E-state index in [1.165, 1.54) is 0 Å². The number of amides is 1. The van der Waals surface area contributed by atoms with Gasteiger partial charge in [0.05, 0.1) is 11.2 Å². The second-order valence-electron chi connectivity index (χ2n) is 6.36. The average molecular weight is 290 g/mol. The van der Waals surface area contributed by atoms with E-state index in [1.807, 2.05) is 43.0 Å². The van der Waals surface area contributed by atoms with E-state index in [0.29, 0.717) is 6.54 Å². The smallest absolute Gasteiger partial charge is 0.255 e. The largest absolute Gasteiger partial charge is 0.390 e. The van der Waals surface area contributed by atoms with E-state index in [0.717, 1.165) is 37.2 Å². The van der Waals surface area contributed by atoms with E-state index in [2.05, 4.69) is 12.2 Å². The summed E-state index contributed by atoms with van der Waals surface area (Å²) in [6.07, 6.45) is 1.88. The van der Waals surface area contributed by atoms with Crippen LogP contribution in [0.15, 0.2) is 24.3 Å². The maximum Gasteiger partial charge on any atom is 0.255 e. The number of hydrogen-bond donors (Lipinski definition) is 2. The van der Waals surface area contributed by atoms with E-state index < -0.39 is 5.60 Å². The third-order valence-electron chi connectivity index (χ3n) is 4.20. The third-order valence-corrected chi connectivity index (χ3v) is 4.20. The van der Waals surface area contributed by atoms with Gasteiger partial charge < -0.3 is 15.3 Å². The Bertz CT molecular complexity index is 494. The fraction of sp³-hybridized carbons (Fsp3) is 0.588. The van der Waals surface area contributed by atoms with Gasteiger partial charge in [0, 0.05) is 31.2 Å². The normalized spacial score (nSPS) is 18.9. The van der Waals surface area contributed by atoms with Gasteiger partial charge in [-0.05, 0) is 38.8 Å². The molecule has 4 heteroatoms. The molecule has 1 atom stereocenters. The maximum atomic E-state index is 12.7. The number of hydrogen-bond acceptors (Lipinski definition) is 3. The number of likely N-dealkylation sites (tertiary alicyclic amines) is 1. The number of carbonyl (C=O) groups is 1. The molecule has 1 amide bonds. The summed E-state index contributed by atoms with van der Waals surface area (Å²) in [6, 6.07) is 7.66. The molecule has 21 heavy (non-hydrogen) atoms. The molecule has 1 aromatic rings. The van der Waals surface area contributed by atoms with Gasteiger partial charge >= 0.3 is 0 Å². The van der Waals surface area contributed by atoms with Gasteiger partial charge in [-0.15, -0.1) is 0 Å². The zero-order valence-electron chi connectivity index (χ0n) is 13.2. The van der Waals surface area contributed by atoms with Gasteiger partial charge in [0.25, 0.3) is 5.91 Å². The fourth-order valence-electron chi connectivity index (χ4n) is 2.78. The molecule has 1 saturated heterocycles. The molecule has 2 N–H and O–H groups in total. The number of rotatable bonds is 5. The maximum absolute atomic E-state index is 12.7. The molecule has 1 aromatic carbocycles. The molecule has 4 nitrogen and oxygen atoms in total. The number of para-hydroxylation sites is 1. The molecule has 1 aliphatic rings. The standard InChI is InChI=1S/C17H26N2O2/c1-4-10-18-15-8-6-5-7-14(15)16(20)19-11-9-13(12-19)17(2,3)21/h5-8,13,18,21H,4,9-12H2,1-3H3/t13-/m0/s1. The second-order valence-corrected chi connectivity index (χ2v) is 6.36. The van der Waals surface area contributed by atoms with Crippen LogP contribution in [0.3, 0.4) is 0 Å². The molecule has 0 spiro atoms. The van der Waals surface area contributed by atoms with Crippen molar-refractivity contribution < 1.29 is 9.90 Å². The van der Waals surface area contributed by atoms with Crippen LogP contribution in [0.4, 0.5) is 5.69 Å². The summed E-state index contributed by atoms with van der Waals surface area (Å²) in [4.78, 5) is 14.6. The highest BCUT2D eigenvalue weighted by molar-refractivity contribution is 5.99. The first-order chi connectivity index (χ1) is 9.93. The third kappa shape index (κ3) is 3.76. The highest BCUT2D eigenvalue weighted by Gasteiger charge is 2.35. The summed E-state index contributed by atoms with van der Waals surface area (Å²) in [7, 11) is 0. The lowest BCUT2D eigenvalue weighted by molar-refractivity contribution is 0.0211. The first-order valence-corrected chi connectivity index (χ1v) is 7.78. The van der Waals surface area contributed by atoms with Gasteiger partial charge in [-0.25, -0.2) is 0 Å². The minimum Gasteiger partial charge on any atom is -0.390 e. The molecule has 0 saturated carbocycles. The Kier molecular flexibility index (Phi) is 4.88. The van der Waals surface area contributed by atoms with Crippen molar-refractivity contribution >= 4 is 11.6 Å². The van der Waals surface area contributed by atoms with Crippen LogP contribution < -0.4 is 5.32 Å². The van der Waals surface area contributed by atoms with Gasteiger partial charge in [0.2, 0.25) is 0 Å². The van der Waals surface area contributed by atoms with E-state index >= 15 is 0 Å². The number of nitrogens with one attached hydrogen (secondary N) is 1. The predicted molar refractivity (Wildman–Crippen MR) is 85.5 cm³/mol. The molecule has 1 fully saturated rings. The van der Waals surface area contributed by atoms with Crippen molar-refractivity contribution in [3.8, 4) is 0 Å². The SMILES string of the molecule is CCCNc1ccccc1C(=O)N1CC[C@H](C(C)(C)O)C1. The highest BCUT2D eigenvalue weighted by atomic mass is 16.3. The van der Waals surface area contributed by atoms with E-state index in [9.17, 15) is 9.90 Å². The Hall–Kier alpha value is -1.55. The lowest BCUT2D eigenvalue weighted by Gasteiger charge is -2.26. The fourth-order valence-corrected chi connectivity index (χ4v) is 2.78. The topological polar surface area (TPSA) is 52.6 Å². The minimum absolute atomic E-state index is 0.0564. The van der Waals surface area contributed by atoms with Crippen molar-refractivity contribution in [1.29, 1.82) is 0 Å². The number of nitrogens with zero attached hydrogens (tertiary/aromatic N) is 1. The van der Waals surface area contributed by atoms with Crippen LogP contribution in [0.1, 0.15) is 44.0 Å². The molecule has 0 aromatic heterocycles. The number of anilines is 1. The molecule has 1 aliphatic heterocycles. The summed E-state index contributed by atoms with van der Waals surface area (Å²) in [5.74, 6) is 0.207. The molecule has 1 heterocycles. The van der Waals surface area contributed by atoms with Gasteiger partial charge in [-0.2, -0.15) is 0 Å². The van der Waals surface area contributed by atoms with Crippen molar-refractivity contribution in [2.24, 2.45) is 5.92 Å². The molecule has 0 unspecified atom stereocenters. The van der Waals surface area contributed by atoms with Crippen LogP contribution in [-0.2, 0) is 0 Å². The van der Waals surface area contributed by atoms with Crippen molar-refractivity contribution in [2.75, 3.05) is 25.0 Å². The van der Waals surface area contributed by atoms with Crippen molar-refractivity contribution in [2.45, 2.75) is 39.2 Å². The minimum atomic E-state index is -0.727. The van der Waals surface area contributed by atoms with Gasteiger partial charge in [0.1, 0.15) is 0 Å². The Balaban J connectivity index is 2.11. The van der Waals surface area contributed by atoms with E-state index in [1.54, 1.807) is 0 Å². The number of aliphatic hydroxyl groups is 1. The van der Waals surface area contributed by atoms with Crippen LogP contribution in [-0.4, -0.2) is 41.1 Å². The van der Waals surface area contributed by atoms with E-state index in [4.69, 9.17) is 0 Å². The second kappa shape index (κ2) is 6.48.